The van der Waals surface area contributed by atoms with E-state index in [4.69, 9.17) is 0 Å². The highest BCUT2D eigenvalue weighted by Gasteiger charge is 2.14. The Hall–Kier alpha value is -1.42. The van der Waals surface area contributed by atoms with Crippen molar-refractivity contribution in [1.29, 1.82) is 0 Å². The Labute approximate surface area is 115 Å². The van der Waals surface area contributed by atoms with Crippen LogP contribution in [-0.2, 0) is 11.3 Å². The van der Waals surface area contributed by atoms with Gasteiger partial charge in [0.05, 0.1) is 6.54 Å². The fraction of sp³-hybridized carbons (Fsp3) is 0.600. The summed E-state index contributed by atoms with van der Waals surface area (Å²) >= 11 is 0. The minimum absolute atomic E-state index is 0.225. The van der Waals surface area contributed by atoms with Crippen molar-refractivity contribution >= 4 is 5.91 Å². The summed E-state index contributed by atoms with van der Waals surface area (Å²) in [5.41, 5.74) is 2.37. The predicted octanol–water partition coefficient (Wildman–Crippen LogP) is 1.88. The number of hydrogen-bond donors (Lipinski definition) is 1. The Bertz CT molecular complexity index is 412. The number of aromatic nitrogens is 1. The Balaban J connectivity index is 1.76. The molecule has 1 aromatic rings. The summed E-state index contributed by atoms with van der Waals surface area (Å²) in [6.07, 6.45) is 8.46. The molecule has 4 nitrogen and oxygen atoms in total. The topological polar surface area (TPSA) is 45.2 Å². The molecule has 0 saturated carbocycles. The molecule has 0 aliphatic carbocycles. The van der Waals surface area contributed by atoms with E-state index >= 15 is 0 Å². The van der Waals surface area contributed by atoms with E-state index in [1.165, 1.54) is 18.4 Å². The minimum Gasteiger partial charge on any atom is -0.342 e. The second-order valence-corrected chi connectivity index (χ2v) is 5.20. The van der Waals surface area contributed by atoms with Crippen molar-refractivity contribution < 1.29 is 4.79 Å². The van der Waals surface area contributed by atoms with Crippen molar-refractivity contribution in [3.05, 3.63) is 29.6 Å². The number of amides is 1. The number of hydrogen-bond acceptors (Lipinski definition) is 3. The monoisotopic (exact) mass is 261 g/mol. The summed E-state index contributed by atoms with van der Waals surface area (Å²) in [6, 6.07) is 1.99. The van der Waals surface area contributed by atoms with Crippen LogP contribution in [0.5, 0.6) is 0 Å². The second kappa shape index (κ2) is 7.24. The number of rotatable bonds is 4. The van der Waals surface area contributed by atoms with Crippen LogP contribution in [-0.4, -0.2) is 35.4 Å². The fourth-order valence-electron chi connectivity index (χ4n) is 2.42. The number of carbonyl (C=O) groups is 1. The van der Waals surface area contributed by atoms with Crippen molar-refractivity contribution in [1.82, 2.24) is 15.2 Å². The molecule has 1 aromatic heterocycles. The van der Waals surface area contributed by atoms with Crippen LogP contribution >= 0.6 is 0 Å². The molecule has 0 spiro atoms. The zero-order valence-electron chi connectivity index (χ0n) is 11.7. The van der Waals surface area contributed by atoms with Crippen molar-refractivity contribution in [3.63, 3.8) is 0 Å². The van der Waals surface area contributed by atoms with Crippen LogP contribution in [0.1, 0.15) is 36.8 Å². The molecule has 1 saturated heterocycles. The largest absolute Gasteiger partial charge is 0.342 e. The number of nitrogens with one attached hydrogen (secondary N) is 1. The molecule has 0 aromatic carbocycles. The zero-order valence-corrected chi connectivity index (χ0v) is 11.7. The minimum atomic E-state index is 0.225. The van der Waals surface area contributed by atoms with Crippen LogP contribution in [0.2, 0.25) is 0 Å². The predicted molar refractivity (Wildman–Crippen MR) is 75.7 cm³/mol. The van der Waals surface area contributed by atoms with Crippen LogP contribution in [0.25, 0.3) is 0 Å². The van der Waals surface area contributed by atoms with E-state index < -0.39 is 0 Å². The summed E-state index contributed by atoms with van der Waals surface area (Å²) in [7, 11) is 0. The molecule has 2 heterocycles. The van der Waals surface area contributed by atoms with Gasteiger partial charge in [0.1, 0.15) is 0 Å². The standard InChI is InChI=1S/C15H23N3O/c1-13-6-7-16-10-14(13)11-17-12-15(19)18-8-4-2-3-5-9-18/h6-7,10,17H,2-5,8-9,11-12H2,1H3. The van der Waals surface area contributed by atoms with Crippen molar-refractivity contribution in [3.8, 4) is 0 Å². The molecule has 1 N–H and O–H groups in total. The second-order valence-electron chi connectivity index (χ2n) is 5.20. The van der Waals surface area contributed by atoms with Crippen LogP contribution in [0.4, 0.5) is 0 Å². The van der Waals surface area contributed by atoms with E-state index in [9.17, 15) is 4.79 Å². The summed E-state index contributed by atoms with van der Waals surface area (Å²) in [6.45, 7) is 5.04. The normalized spacial score (nSPS) is 16.2. The lowest BCUT2D eigenvalue weighted by Gasteiger charge is -2.20. The van der Waals surface area contributed by atoms with Gasteiger partial charge in [-0.2, -0.15) is 0 Å². The number of nitrogens with zero attached hydrogens (tertiary/aromatic N) is 2. The van der Waals surface area contributed by atoms with Gasteiger partial charge in [-0.05, 0) is 37.0 Å². The van der Waals surface area contributed by atoms with Crippen LogP contribution in [0.15, 0.2) is 18.5 Å². The van der Waals surface area contributed by atoms with Crippen LogP contribution < -0.4 is 5.32 Å². The quantitative estimate of drug-likeness (QED) is 0.900. The van der Waals surface area contributed by atoms with Gasteiger partial charge in [-0.25, -0.2) is 0 Å². The number of likely N-dealkylation sites (tertiary alicyclic amines) is 1. The van der Waals surface area contributed by atoms with E-state index in [-0.39, 0.29) is 5.91 Å². The first-order chi connectivity index (χ1) is 9.27. The summed E-state index contributed by atoms with van der Waals surface area (Å²) in [4.78, 5) is 18.2. The Morgan fingerprint density at radius 3 is 2.74 bits per heavy atom. The maximum absolute atomic E-state index is 12.1. The van der Waals surface area contributed by atoms with Gasteiger partial charge < -0.3 is 10.2 Å². The molecule has 19 heavy (non-hydrogen) atoms. The molecular weight excluding hydrogens is 238 g/mol. The van der Waals surface area contributed by atoms with Crippen LogP contribution in [0.3, 0.4) is 0 Å². The maximum atomic E-state index is 12.1. The lowest BCUT2D eigenvalue weighted by molar-refractivity contribution is -0.130. The third-order valence-electron chi connectivity index (χ3n) is 3.70. The molecule has 0 atom stereocenters. The van der Waals surface area contributed by atoms with Gasteiger partial charge in [0.15, 0.2) is 0 Å². The summed E-state index contributed by atoms with van der Waals surface area (Å²) in [5, 5.41) is 3.23. The van der Waals surface area contributed by atoms with Crippen molar-refractivity contribution in [2.24, 2.45) is 0 Å². The lowest BCUT2D eigenvalue weighted by atomic mass is 10.1. The van der Waals surface area contributed by atoms with E-state index in [1.54, 1.807) is 6.20 Å². The average molecular weight is 261 g/mol. The summed E-state index contributed by atoms with van der Waals surface area (Å²) in [5.74, 6) is 0.225. The zero-order chi connectivity index (χ0) is 13.5. The molecule has 1 amide bonds. The molecule has 0 bridgehead atoms. The van der Waals surface area contributed by atoms with Gasteiger partial charge in [0.25, 0.3) is 0 Å². The van der Waals surface area contributed by atoms with E-state index in [0.717, 1.165) is 31.5 Å². The van der Waals surface area contributed by atoms with Gasteiger partial charge in [-0.3, -0.25) is 9.78 Å². The Morgan fingerprint density at radius 1 is 1.32 bits per heavy atom. The highest BCUT2D eigenvalue weighted by atomic mass is 16.2. The first-order valence-electron chi connectivity index (χ1n) is 7.15. The number of aryl methyl sites for hydroxylation is 1. The van der Waals surface area contributed by atoms with Gasteiger partial charge in [-0.15, -0.1) is 0 Å². The Morgan fingerprint density at radius 2 is 2.05 bits per heavy atom. The first kappa shape index (κ1) is 14.0. The molecule has 0 unspecified atom stereocenters. The fourth-order valence-corrected chi connectivity index (χ4v) is 2.42. The lowest BCUT2D eigenvalue weighted by Crippen LogP contribution is -2.38. The molecule has 104 valence electrons. The van der Waals surface area contributed by atoms with Gasteiger partial charge >= 0.3 is 0 Å². The molecule has 1 aliphatic heterocycles. The van der Waals surface area contributed by atoms with E-state index in [2.05, 4.69) is 17.2 Å². The van der Waals surface area contributed by atoms with Gasteiger partial charge in [0.2, 0.25) is 5.91 Å². The molecule has 0 radical (unpaired) electrons. The van der Waals surface area contributed by atoms with E-state index in [0.29, 0.717) is 13.1 Å². The average Bonchev–Trinajstić information content (AvgIpc) is 2.70. The third-order valence-corrected chi connectivity index (χ3v) is 3.70. The van der Waals surface area contributed by atoms with Gasteiger partial charge in [0, 0.05) is 32.0 Å². The molecule has 1 aliphatic rings. The molecular formula is C15H23N3O. The molecule has 1 fully saturated rings. The first-order valence-corrected chi connectivity index (χ1v) is 7.15. The molecule has 2 rings (SSSR count). The smallest absolute Gasteiger partial charge is 0.236 e. The third kappa shape index (κ3) is 4.31. The number of pyridine rings is 1. The maximum Gasteiger partial charge on any atom is 0.236 e. The van der Waals surface area contributed by atoms with Gasteiger partial charge in [-0.1, -0.05) is 12.8 Å². The van der Waals surface area contributed by atoms with Crippen LogP contribution in [0, 0.1) is 6.92 Å². The summed E-state index contributed by atoms with van der Waals surface area (Å²) < 4.78 is 0. The highest BCUT2D eigenvalue weighted by molar-refractivity contribution is 5.78. The van der Waals surface area contributed by atoms with Crippen molar-refractivity contribution in [2.45, 2.75) is 39.2 Å². The van der Waals surface area contributed by atoms with Crippen molar-refractivity contribution in [2.75, 3.05) is 19.6 Å². The van der Waals surface area contributed by atoms with E-state index in [1.807, 2.05) is 17.2 Å². The highest BCUT2D eigenvalue weighted by Crippen LogP contribution is 2.09. The molecule has 4 heteroatoms. The number of carbonyl (C=O) groups excluding carboxylic acids is 1. The SMILES string of the molecule is Cc1ccncc1CNCC(=O)N1CCCCCC1. The Kier molecular flexibility index (Phi) is 5.33.